The van der Waals surface area contributed by atoms with Crippen molar-refractivity contribution in [2.45, 2.75) is 87.1 Å². The van der Waals surface area contributed by atoms with Crippen LogP contribution in [0.3, 0.4) is 0 Å². The van der Waals surface area contributed by atoms with Crippen molar-refractivity contribution in [2.24, 2.45) is 0 Å². The van der Waals surface area contributed by atoms with E-state index in [9.17, 15) is 16.8 Å². The van der Waals surface area contributed by atoms with Gasteiger partial charge in [0.1, 0.15) is 11.1 Å². The van der Waals surface area contributed by atoms with Crippen LogP contribution < -0.4 is 0 Å². The smallest absolute Gasteiger partial charge is 0.207 e. The van der Waals surface area contributed by atoms with E-state index in [1.165, 1.54) is 9.87 Å². The lowest BCUT2D eigenvalue weighted by molar-refractivity contribution is 0.254. The fraction of sp³-hybridized carbons (Fsp3) is 0.321. The molecule has 2 aromatic heterocycles. The van der Waals surface area contributed by atoms with Gasteiger partial charge in [-0.15, -0.1) is 43.6 Å². The molecule has 8 aromatic rings. The third-order valence-electron chi connectivity index (χ3n) is 13.3. The van der Waals surface area contributed by atoms with Crippen LogP contribution in [0.2, 0.25) is 0 Å². The topological polar surface area (TPSA) is 162 Å². The van der Waals surface area contributed by atoms with Crippen molar-refractivity contribution in [1.82, 2.24) is 49.0 Å². The molecule has 0 bridgehead atoms. The average Bonchev–Trinajstić information content (AvgIpc) is 4.13. The highest BCUT2D eigenvalue weighted by molar-refractivity contribution is 7.89. The van der Waals surface area contributed by atoms with E-state index in [1.54, 1.807) is 50.3 Å². The monoisotopic (exact) mass is 1070 g/mol. The Morgan fingerprint density at radius 1 is 0.554 bits per heavy atom. The third-order valence-corrected chi connectivity index (χ3v) is 17.5. The molecule has 0 unspecified atom stereocenters. The van der Waals surface area contributed by atoms with E-state index in [2.05, 4.69) is 102 Å². The minimum atomic E-state index is -3.58. The van der Waals surface area contributed by atoms with Gasteiger partial charge in [-0.1, -0.05) is 157 Å². The van der Waals surface area contributed by atoms with Crippen LogP contribution in [0, 0.1) is 13.8 Å². The van der Waals surface area contributed by atoms with Crippen LogP contribution in [0.1, 0.15) is 85.6 Å². The maximum atomic E-state index is 13.4. The summed E-state index contributed by atoms with van der Waals surface area (Å²) in [6, 6.07) is 54.5. The fourth-order valence-electron chi connectivity index (χ4n) is 8.66. The molecule has 0 radical (unpaired) electrons. The second kappa shape index (κ2) is 24.5. The number of piperidine rings is 1. The molecule has 0 aliphatic carbocycles. The van der Waals surface area contributed by atoms with Crippen molar-refractivity contribution in [1.29, 1.82) is 0 Å². The first-order valence-corrected chi connectivity index (χ1v) is 28.4. The summed E-state index contributed by atoms with van der Waals surface area (Å²) < 4.78 is 54.1. The second-order valence-corrected chi connectivity index (χ2v) is 23.8. The van der Waals surface area contributed by atoms with Crippen LogP contribution in [0.25, 0.3) is 0 Å². The van der Waals surface area contributed by atoms with Crippen LogP contribution in [0.4, 0.5) is 0 Å². The third kappa shape index (κ3) is 13.0. The Hall–Kier alpha value is -6.14. The minimum Gasteiger partial charge on any atom is -0.207 e. The number of aryl methyl sites for hydroxylation is 2. The maximum Gasteiger partial charge on any atom is 0.243 e. The van der Waals surface area contributed by atoms with Crippen LogP contribution in [-0.2, 0) is 43.0 Å². The van der Waals surface area contributed by atoms with Crippen molar-refractivity contribution in [3.05, 3.63) is 215 Å². The SMILES string of the molecule is CC(C)(c1ccccc1)n1nnc(Cc2ccccc2)n1.Cc1ccc(S(=O)(=O)N(CCCl)CCCl)cc1.Cc1ccc(S(=O)(=O)N2CCC(c3ccccc3)(c3nnn(C(C)(C)c4ccccc4)n3)CC2)cc1. The largest absolute Gasteiger partial charge is 0.243 e. The molecule has 6 aromatic carbocycles. The quantitative estimate of drug-likeness (QED) is 0.0852. The molecule has 9 rings (SSSR count). The van der Waals surface area contributed by atoms with Crippen LogP contribution in [0.15, 0.2) is 180 Å². The number of rotatable bonds is 16. The first kappa shape index (κ1) is 55.6. The van der Waals surface area contributed by atoms with E-state index in [4.69, 9.17) is 28.3 Å². The lowest BCUT2D eigenvalue weighted by Crippen LogP contribution is -2.46. The zero-order chi connectivity index (χ0) is 53.0. The summed E-state index contributed by atoms with van der Waals surface area (Å²) >= 11 is 11.2. The molecule has 3 heterocycles. The molecule has 1 aliphatic heterocycles. The molecule has 14 nitrogen and oxygen atoms in total. The molecule has 0 N–H and O–H groups in total. The Morgan fingerprint density at radius 3 is 1.47 bits per heavy atom. The molecular weight excluding hydrogens is 1010 g/mol. The van der Waals surface area contributed by atoms with Gasteiger partial charge in [-0.2, -0.15) is 18.2 Å². The Balaban J connectivity index is 0.000000178. The first-order valence-electron chi connectivity index (χ1n) is 24.5. The van der Waals surface area contributed by atoms with Gasteiger partial charge in [0.2, 0.25) is 20.0 Å². The molecule has 18 heteroatoms. The molecule has 1 saturated heterocycles. The number of sulfonamides is 2. The van der Waals surface area contributed by atoms with Crippen molar-refractivity contribution < 1.29 is 16.8 Å². The molecule has 0 spiro atoms. The van der Waals surface area contributed by atoms with Gasteiger partial charge in [0, 0.05) is 44.4 Å². The van der Waals surface area contributed by atoms with Gasteiger partial charge in [0.05, 0.1) is 15.2 Å². The second-order valence-electron chi connectivity index (χ2n) is 19.2. The molecule has 0 saturated carbocycles. The van der Waals surface area contributed by atoms with Gasteiger partial charge in [-0.25, -0.2) is 16.8 Å². The number of benzene rings is 6. The van der Waals surface area contributed by atoms with Gasteiger partial charge in [0.15, 0.2) is 11.6 Å². The lowest BCUT2D eigenvalue weighted by atomic mass is 9.72. The first-order chi connectivity index (χ1) is 35.4. The Labute approximate surface area is 446 Å². The predicted molar refractivity (Wildman–Crippen MR) is 292 cm³/mol. The standard InChI is InChI=1S/C28H31N5O2S.C17H18N4.C11H15Cl2NO2S/c1-22-14-16-25(17-15-22)36(34,35)32-20-18-28(19-21-32,24-12-8-5-9-13-24)26-29-31-33(30-26)27(2,3)23-10-6-4-7-11-23;1-17(2,15-11-7-4-8-12-15)21-19-16(18-20-21)13-14-9-5-3-6-10-14;1-10-2-4-11(5-3-10)17(15,16)14(8-6-12)9-7-13/h4-17H,18-21H2,1-3H3;3-12H,13H2,1-2H3;2-5H,6-9H2,1H3. The molecule has 0 amide bonds. The number of aromatic nitrogens is 8. The van der Waals surface area contributed by atoms with Gasteiger partial charge in [-0.05, 0) is 111 Å². The summed E-state index contributed by atoms with van der Waals surface area (Å²) in [4.78, 5) is 3.98. The highest BCUT2D eigenvalue weighted by Crippen LogP contribution is 2.41. The molecule has 388 valence electrons. The molecule has 74 heavy (non-hydrogen) atoms. The summed E-state index contributed by atoms with van der Waals surface area (Å²) in [6.45, 7) is 13.5. The highest BCUT2D eigenvalue weighted by atomic mass is 35.5. The maximum absolute atomic E-state index is 13.4. The van der Waals surface area contributed by atoms with Gasteiger partial charge < -0.3 is 0 Å². The number of tetrazole rings is 2. The Bertz CT molecular complexity index is 3220. The number of hydrogen-bond donors (Lipinski definition) is 0. The van der Waals surface area contributed by atoms with Crippen molar-refractivity contribution in [3.8, 4) is 0 Å². The van der Waals surface area contributed by atoms with Gasteiger partial charge in [-0.3, -0.25) is 0 Å². The van der Waals surface area contributed by atoms with Gasteiger partial charge >= 0.3 is 0 Å². The Morgan fingerprint density at radius 2 is 0.986 bits per heavy atom. The van der Waals surface area contributed by atoms with Crippen LogP contribution in [-0.4, -0.2) is 104 Å². The zero-order valence-corrected chi connectivity index (χ0v) is 45.9. The predicted octanol–water partition coefficient (Wildman–Crippen LogP) is 10.0. The normalized spacial score (nSPS) is 14.1. The van der Waals surface area contributed by atoms with Crippen molar-refractivity contribution >= 4 is 43.2 Å². The fourth-order valence-corrected chi connectivity index (χ4v) is 12.2. The molecule has 0 atom stereocenters. The zero-order valence-electron chi connectivity index (χ0n) is 42.7. The highest BCUT2D eigenvalue weighted by Gasteiger charge is 2.45. The van der Waals surface area contributed by atoms with E-state index in [0.717, 1.165) is 33.6 Å². The number of nitrogens with zero attached hydrogens (tertiary/aromatic N) is 10. The van der Waals surface area contributed by atoms with E-state index >= 15 is 0 Å². The Kier molecular flexibility index (Phi) is 18.4. The molecule has 1 fully saturated rings. The summed E-state index contributed by atoms with van der Waals surface area (Å²) in [6.07, 6.45) is 1.84. The van der Waals surface area contributed by atoms with Crippen molar-refractivity contribution in [2.75, 3.05) is 37.9 Å². The number of halogens is 2. The van der Waals surface area contributed by atoms with E-state index in [0.29, 0.717) is 43.1 Å². The van der Waals surface area contributed by atoms with Gasteiger partial charge in [0.25, 0.3) is 0 Å². The van der Waals surface area contributed by atoms with E-state index in [1.807, 2.05) is 98.8 Å². The van der Waals surface area contributed by atoms with E-state index in [-0.39, 0.29) is 35.3 Å². The lowest BCUT2D eigenvalue weighted by Gasteiger charge is -2.39. The summed E-state index contributed by atoms with van der Waals surface area (Å²) in [7, 11) is -7.05. The summed E-state index contributed by atoms with van der Waals surface area (Å²) in [5.74, 6) is 1.87. The molecule has 1 aliphatic rings. The van der Waals surface area contributed by atoms with E-state index < -0.39 is 31.0 Å². The number of hydrogen-bond acceptors (Lipinski definition) is 10. The minimum absolute atomic E-state index is 0.252. The van der Waals surface area contributed by atoms with Crippen LogP contribution in [0.5, 0.6) is 0 Å². The summed E-state index contributed by atoms with van der Waals surface area (Å²) in [5.41, 5.74) is 5.24. The average molecular weight is 1080 g/mol. The number of alkyl halides is 2. The molecular formula is C56H64Cl2N10O4S2. The van der Waals surface area contributed by atoms with Crippen molar-refractivity contribution in [3.63, 3.8) is 0 Å². The summed E-state index contributed by atoms with van der Waals surface area (Å²) in [5, 5.41) is 26.9. The van der Waals surface area contributed by atoms with Crippen LogP contribution >= 0.6 is 23.2 Å².